The second-order valence-corrected chi connectivity index (χ2v) is 7.03. The molecule has 0 unspecified atom stereocenters. The summed E-state index contributed by atoms with van der Waals surface area (Å²) in [7, 11) is 1.66. The fraction of sp³-hybridized carbons (Fsp3) is 0.227. The van der Waals surface area contributed by atoms with Gasteiger partial charge in [0.25, 0.3) is 5.91 Å². The molecule has 6 heteroatoms. The van der Waals surface area contributed by atoms with E-state index in [1.807, 2.05) is 47.3 Å². The van der Waals surface area contributed by atoms with Gasteiger partial charge in [0.1, 0.15) is 11.4 Å². The van der Waals surface area contributed by atoms with E-state index in [2.05, 4.69) is 16.4 Å². The van der Waals surface area contributed by atoms with Crippen molar-refractivity contribution in [1.82, 2.24) is 20.1 Å². The van der Waals surface area contributed by atoms with Crippen LogP contribution in [0.5, 0.6) is 5.75 Å². The number of amides is 1. The normalized spacial score (nSPS) is 15.0. The first-order valence-electron chi connectivity index (χ1n) is 9.42. The van der Waals surface area contributed by atoms with E-state index in [-0.39, 0.29) is 5.91 Å². The predicted molar refractivity (Wildman–Crippen MR) is 107 cm³/mol. The molecule has 1 amide bonds. The lowest BCUT2D eigenvalue weighted by molar-refractivity contribution is 0.0923. The Morgan fingerprint density at radius 2 is 2.14 bits per heavy atom. The van der Waals surface area contributed by atoms with Crippen molar-refractivity contribution in [2.24, 2.45) is 0 Å². The van der Waals surface area contributed by atoms with E-state index in [4.69, 9.17) is 9.84 Å². The summed E-state index contributed by atoms with van der Waals surface area (Å²) in [5.74, 6) is 0.808. The number of nitrogens with zero attached hydrogens (tertiary/aromatic N) is 3. The van der Waals surface area contributed by atoms with Crippen molar-refractivity contribution < 1.29 is 9.53 Å². The number of aromatic nitrogens is 3. The zero-order chi connectivity index (χ0) is 19.1. The van der Waals surface area contributed by atoms with Crippen LogP contribution in [0.4, 0.5) is 0 Å². The minimum Gasteiger partial charge on any atom is -0.497 e. The molecule has 140 valence electrons. The minimum atomic E-state index is -0.0179. The third kappa shape index (κ3) is 2.78. The molecule has 1 aliphatic heterocycles. The van der Waals surface area contributed by atoms with E-state index in [1.54, 1.807) is 7.11 Å². The highest BCUT2D eigenvalue weighted by Crippen LogP contribution is 2.35. The topological polar surface area (TPSA) is 69.0 Å². The van der Waals surface area contributed by atoms with E-state index in [0.29, 0.717) is 6.54 Å². The number of fused-ring (bicyclic) bond motifs is 5. The highest BCUT2D eigenvalue weighted by Gasteiger charge is 2.30. The van der Waals surface area contributed by atoms with Crippen LogP contribution in [-0.2, 0) is 19.4 Å². The first-order chi connectivity index (χ1) is 13.7. The number of hydrogen-bond donors (Lipinski definition) is 1. The Morgan fingerprint density at radius 1 is 1.21 bits per heavy atom. The summed E-state index contributed by atoms with van der Waals surface area (Å²) in [5.41, 5.74) is 6.87. The Morgan fingerprint density at radius 3 is 3.04 bits per heavy atom. The van der Waals surface area contributed by atoms with Gasteiger partial charge in [0.15, 0.2) is 0 Å². The molecule has 28 heavy (non-hydrogen) atoms. The average Bonchev–Trinajstić information content (AvgIpc) is 3.13. The van der Waals surface area contributed by atoms with Gasteiger partial charge in [-0.15, -0.1) is 0 Å². The minimum absolute atomic E-state index is 0.0179. The number of nitrogens with one attached hydrogen (secondary N) is 1. The van der Waals surface area contributed by atoms with Gasteiger partial charge in [-0.05, 0) is 48.2 Å². The zero-order valence-corrected chi connectivity index (χ0v) is 15.6. The number of benzene rings is 1. The number of carbonyl (C=O) groups is 1. The Labute approximate surface area is 162 Å². The summed E-state index contributed by atoms with van der Waals surface area (Å²) < 4.78 is 7.13. The van der Waals surface area contributed by atoms with Crippen molar-refractivity contribution in [1.29, 1.82) is 0 Å². The van der Waals surface area contributed by atoms with Gasteiger partial charge in [-0.25, -0.2) is 0 Å². The standard InChI is InChI=1S/C22H20N4O2/c1-28-17-4-2-3-14(11-17)5-7-16-12-19-15(13-24-16)6-8-18-20(19)25-26-10-9-23-22(27)21(18)26/h2-5,7,11-13H,6,8-10H2,1H3,(H,23,27). The molecule has 0 fully saturated rings. The molecule has 1 aliphatic carbocycles. The fourth-order valence-corrected chi connectivity index (χ4v) is 3.92. The molecule has 0 radical (unpaired) electrons. The van der Waals surface area contributed by atoms with E-state index >= 15 is 0 Å². The van der Waals surface area contributed by atoms with Crippen LogP contribution < -0.4 is 10.1 Å². The van der Waals surface area contributed by atoms with Crippen LogP contribution in [0, 0.1) is 0 Å². The highest BCUT2D eigenvalue weighted by molar-refractivity contribution is 5.97. The molecule has 0 saturated heterocycles. The van der Waals surface area contributed by atoms with E-state index < -0.39 is 0 Å². The molecule has 6 nitrogen and oxygen atoms in total. The number of carbonyl (C=O) groups excluding carboxylic acids is 1. The van der Waals surface area contributed by atoms with Gasteiger partial charge in [0, 0.05) is 23.9 Å². The molecule has 3 aromatic rings. The summed E-state index contributed by atoms with van der Waals surface area (Å²) in [6.45, 7) is 1.35. The van der Waals surface area contributed by atoms with Gasteiger partial charge >= 0.3 is 0 Å². The summed E-state index contributed by atoms with van der Waals surface area (Å²) in [4.78, 5) is 16.9. The maximum atomic E-state index is 12.3. The zero-order valence-electron chi connectivity index (χ0n) is 15.6. The Balaban J connectivity index is 1.52. The third-order valence-electron chi connectivity index (χ3n) is 5.32. The summed E-state index contributed by atoms with van der Waals surface area (Å²) in [6, 6.07) is 9.96. The SMILES string of the molecule is COc1cccc(C=Cc2cc3c(cn2)CCc2c-3nn3c2C(=O)NCC3)c1. The van der Waals surface area contributed by atoms with Gasteiger partial charge in [-0.1, -0.05) is 18.2 Å². The van der Waals surface area contributed by atoms with Crippen molar-refractivity contribution in [2.75, 3.05) is 13.7 Å². The number of aryl methyl sites for hydroxylation is 1. The van der Waals surface area contributed by atoms with E-state index in [0.717, 1.165) is 58.9 Å². The lowest BCUT2D eigenvalue weighted by Crippen LogP contribution is -2.36. The highest BCUT2D eigenvalue weighted by atomic mass is 16.5. The molecule has 2 aromatic heterocycles. The molecule has 0 saturated carbocycles. The quantitative estimate of drug-likeness (QED) is 0.767. The van der Waals surface area contributed by atoms with Crippen LogP contribution in [0.3, 0.4) is 0 Å². The molecule has 1 N–H and O–H groups in total. The summed E-state index contributed by atoms with van der Waals surface area (Å²) >= 11 is 0. The number of hydrogen-bond acceptors (Lipinski definition) is 4. The maximum absolute atomic E-state index is 12.3. The van der Waals surface area contributed by atoms with Crippen molar-refractivity contribution >= 4 is 18.1 Å². The largest absolute Gasteiger partial charge is 0.497 e. The van der Waals surface area contributed by atoms with Crippen molar-refractivity contribution in [2.45, 2.75) is 19.4 Å². The lowest BCUT2D eigenvalue weighted by atomic mass is 9.89. The van der Waals surface area contributed by atoms with Crippen LogP contribution in [0.15, 0.2) is 36.5 Å². The number of rotatable bonds is 3. The molecular formula is C22H20N4O2. The molecule has 1 aromatic carbocycles. The Hall–Kier alpha value is -3.41. The van der Waals surface area contributed by atoms with Crippen LogP contribution in [-0.4, -0.2) is 34.3 Å². The second-order valence-electron chi connectivity index (χ2n) is 7.03. The third-order valence-corrected chi connectivity index (χ3v) is 5.32. The summed E-state index contributed by atoms with van der Waals surface area (Å²) in [6.07, 6.45) is 7.65. The van der Waals surface area contributed by atoms with Crippen LogP contribution >= 0.6 is 0 Å². The van der Waals surface area contributed by atoms with Crippen molar-refractivity contribution in [3.8, 4) is 17.0 Å². The Bertz CT molecular complexity index is 1110. The van der Waals surface area contributed by atoms with Crippen molar-refractivity contribution in [3.63, 3.8) is 0 Å². The predicted octanol–water partition coefficient (Wildman–Crippen LogP) is 2.97. The fourth-order valence-electron chi connectivity index (χ4n) is 3.92. The molecule has 5 rings (SSSR count). The first-order valence-corrected chi connectivity index (χ1v) is 9.42. The van der Waals surface area contributed by atoms with E-state index in [9.17, 15) is 4.79 Å². The molecule has 0 bridgehead atoms. The molecular weight excluding hydrogens is 352 g/mol. The smallest absolute Gasteiger partial charge is 0.269 e. The van der Waals surface area contributed by atoms with E-state index in [1.165, 1.54) is 5.56 Å². The van der Waals surface area contributed by atoms with Gasteiger partial charge in [-0.2, -0.15) is 5.10 Å². The maximum Gasteiger partial charge on any atom is 0.269 e. The van der Waals surface area contributed by atoms with Gasteiger partial charge in [-0.3, -0.25) is 14.5 Å². The number of ether oxygens (including phenoxy) is 1. The lowest BCUT2D eigenvalue weighted by Gasteiger charge is -2.17. The number of methoxy groups -OCH3 is 1. The molecule has 0 spiro atoms. The monoisotopic (exact) mass is 372 g/mol. The molecule has 2 aliphatic rings. The second kappa shape index (κ2) is 6.64. The van der Waals surface area contributed by atoms with Crippen LogP contribution in [0.1, 0.15) is 32.9 Å². The van der Waals surface area contributed by atoms with Crippen LogP contribution in [0.25, 0.3) is 23.4 Å². The van der Waals surface area contributed by atoms with Gasteiger partial charge in [0.2, 0.25) is 0 Å². The first kappa shape index (κ1) is 16.7. The molecule has 3 heterocycles. The Kier molecular flexibility index (Phi) is 3.97. The molecule has 0 atom stereocenters. The number of pyridine rings is 1. The van der Waals surface area contributed by atoms with Crippen molar-refractivity contribution in [3.05, 3.63) is 64.6 Å². The van der Waals surface area contributed by atoms with Crippen LogP contribution in [0.2, 0.25) is 0 Å². The van der Waals surface area contributed by atoms with Gasteiger partial charge < -0.3 is 10.1 Å². The average molecular weight is 372 g/mol. The summed E-state index contributed by atoms with van der Waals surface area (Å²) in [5, 5.41) is 7.68. The van der Waals surface area contributed by atoms with Gasteiger partial charge in [0.05, 0.1) is 25.0 Å².